The van der Waals surface area contributed by atoms with Gasteiger partial charge in [0.1, 0.15) is 18.6 Å². The Bertz CT molecular complexity index is 381. The molecule has 2 rings (SSSR count). The molecule has 1 fully saturated rings. The summed E-state index contributed by atoms with van der Waals surface area (Å²) in [7, 11) is 0. The summed E-state index contributed by atoms with van der Waals surface area (Å²) >= 11 is 0. The highest BCUT2D eigenvalue weighted by Crippen LogP contribution is 2.21. The molecule has 1 aromatic rings. The Labute approximate surface area is 100 Å². The van der Waals surface area contributed by atoms with E-state index < -0.39 is 6.23 Å². The smallest absolute Gasteiger partial charge is 0.225 e. The zero-order valence-corrected chi connectivity index (χ0v) is 9.74. The number of carbonyl (C=O) groups excluding carboxylic acids is 1. The Balaban J connectivity index is 1.93. The molecule has 1 aromatic heterocycles. The van der Waals surface area contributed by atoms with Gasteiger partial charge < -0.3 is 14.7 Å². The molecule has 17 heavy (non-hydrogen) atoms. The fourth-order valence-corrected chi connectivity index (χ4v) is 2.06. The summed E-state index contributed by atoms with van der Waals surface area (Å²) in [4.78, 5) is 17.0. The summed E-state index contributed by atoms with van der Waals surface area (Å²) in [6.07, 6.45) is 3.75. The van der Waals surface area contributed by atoms with Crippen molar-refractivity contribution in [1.29, 1.82) is 0 Å². The van der Waals surface area contributed by atoms with Gasteiger partial charge in [0.05, 0.1) is 12.2 Å². The topological polar surface area (TPSA) is 62.7 Å². The lowest BCUT2D eigenvalue weighted by molar-refractivity contribution is -0.138. The van der Waals surface area contributed by atoms with E-state index in [0.717, 1.165) is 6.42 Å². The van der Waals surface area contributed by atoms with Gasteiger partial charge in [0.25, 0.3) is 0 Å². The van der Waals surface area contributed by atoms with Crippen molar-refractivity contribution in [2.45, 2.75) is 32.0 Å². The van der Waals surface area contributed by atoms with Crippen LogP contribution in [0.25, 0.3) is 0 Å². The first-order valence-electron chi connectivity index (χ1n) is 5.70. The van der Waals surface area contributed by atoms with Crippen molar-refractivity contribution in [2.75, 3.05) is 6.61 Å². The Morgan fingerprint density at radius 2 is 2.53 bits per heavy atom. The number of ether oxygens (including phenoxy) is 1. The lowest BCUT2D eigenvalue weighted by Crippen LogP contribution is -2.42. The van der Waals surface area contributed by atoms with Crippen molar-refractivity contribution < 1.29 is 14.6 Å². The van der Waals surface area contributed by atoms with Crippen molar-refractivity contribution in [2.24, 2.45) is 0 Å². The number of hydrogen-bond donors (Lipinski definition) is 1. The third-order valence-electron chi connectivity index (χ3n) is 2.85. The van der Waals surface area contributed by atoms with Crippen LogP contribution in [0.3, 0.4) is 0 Å². The number of carbonyl (C=O) groups is 1. The van der Waals surface area contributed by atoms with E-state index in [1.54, 1.807) is 25.4 Å². The minimum Gasteiger partial charge on any atom is -0.490 e. The van der Waals surface area contributed by atoms with Gasteiger partial charge in [-0.15, -0.1) is 0 Å². The lowest BCUT2D eigenvalue weighted by atomic mass is 10.2. The van der Waals surface area contributed by atoms with Gasteiger partial charge in [-0.2, -0.15) is 0 Å². The van der Waals surface area contributed by atoms with E-state index >= 15 is 0 Å². The van der Waals surface area contributed by atoms with Crippen LogP contribution in [0.15, 0.2) is 24.5 Å². The van der Waals surface area contributed by atoms with Crippen LogP contribution >= 0.6 is 0 Å². The number of likely N-dealkylation sites (tertiary alicyclic amines) is 1. The second-order valence-electron chi connectivity index (χ2n) is 4.13. The predicted octanol–water partition coefficient (Wildman–Crippen LogP) is 0.790. The molecule has 92 valence electrons. The fraction of sp³-hybridized carbons (Fsp3) is 0.500. The zero-order chi connectivity index (χ0) is 12.3. The summed E-state index contributed by atoms with van der Waals surface area (Å²) in [5.41, 5.74) is 0. The minimum absolute atomic E-state index is 0.0141. The van der Waals surface area contributed by atoms with Crippen molar-refractivity contribution in [3.63, 3.8) is 0 Å². The van der Waals surface area contributed by atoms with Gasteiger partial charge in [-0.25, -0.2) is 0 Å². The van der Waals surface area contributed by atoms with Gasteiger partial charge in [0.2, 0.25) is 5.91 Å². The highest BCUT2D eigenvalue weighted by atomic mass is 16.5. The average Bonchev–Trinajstić information content (AvgIpc) is 2.69. The standard InChI is InChI=1S/C12H16N2O3/c1-9(15)14-10(4-5-12(14)16)8-17-11-3-2-6-13-7-11/h2-3,6-7,9-10,15H,4-5,8H2,1H3/t9?,10-/m0/s1. The number of amides is 1. The number of aliphatic hydroxyl groups excluding tert-OH is 1. The molecular weight excluding hydrogens is 220 g/mol. The third kappa shape index (κ3) is 2.74. The Kier molecular flexibility index (Phi) is 3.58. The lowest BCUT2D eigenvalue weighted by Gasteiger charge is -2.27. The van der Waals surface area contributed by atoms with Crippen LogP contribution in [0, 0.1) is 0 Å². The molecule has 2 heterocycles. The van der Waals surface area contributed by atoms with Crippen molar-refractivity contribution in [1.82, 2.24) is 9.88 Å². The first-order valence-corrected chi connectivity index (χ1v) is 5.70. The largest absolute Gasteiger partial charge is 0.490 e. The normalized spacial score (nSPS) is 21.6. The quantitative estimate of drug-likeness (QED) is 0.839. The van der Waals surface area contributed by atoms with Gasteiger partial charge in [-0.05, 0) is 25.5 Å². The molecule has 0 spiro atoms. The molecule has 0 saturated carbocycles. The molecule has 0 aliphatic carbocycles. The summed E-state index contributed by atoms with van der Waals surface area (Å²) < 4.78 is 5.55. The van der Waals surface area contributed by atoms with E-state index in [0.29, 0.717) is 18.8 Å². The van der Waals surface area contributed by atoms with E-state index in [1.807, 2.05) is 6.07 Å². The van der Waals surface area contributed by atoms with Crippen molar-refractivity contribution in [3.8, 4) is 5.75 Å². The Morgan fingerprint density at radius 1 is 1.71 bits per heavy atom. The fourth-order valence-electron chi connectivity index (χ4n) is 2.06. The molecule has 2 atom stereocenters. The number of hydrogen-bond acceptors (Lipinski definition) is 4. The number of rotatable bonds is 4. The van der Waals surface area contributed by atoms with Crippen LogP contribution in [0.4, 0.5) is 0 Å². The highest BCUT2D eigenvalue weighted by molar-refractivity contribution is 5.78. The zero-order valence-electron chi connectivity index (χ0n) is 9.74. The van der Waals surface area contributed by atoms with Crippen LogP contribution < -0.4 is 4.74 Å². The number of nitrogens with zero attached hydrogens (tertiary/aromatic N) is 2. The maximum atomic E-state index is 11.5. The molecule has 1 N–H and O–H groups in total. The molecule has 1 amide bonds. The number of aliphatic hydroxyl groups is 1. The highest BCUT2D eigenvalue weighted by Gasteiger charge is 2.33. The van der Waals surface area contributed by atoms with E-state index in [-0.39, 0.29) is 11.9 Å². The Hall–Kier alpha value is -1.62. The van der Waals surface area contributed by atoms with Gasteiger partial charge in [-0.3, -0.25) is 9.78 Å². The molecule has 1 unspecified atom stereocenters. The first kappa shape index (κ1) is 11.9. The number of aromatic nitrogens is 1. The summed E-state index contributed by atoms with van der Waals surface area (Å²) in [5.74, 6) is 0.664. The molecule has 5 heteroatoms. The van der Waals surface area contributed by atoms with E-state index in [9.17, 15) is 9.90 Å². The Morgan fingerprint density at radius 3 is 3.18 bits per heavy atom. The van der Waals surface area contributed by atoms with E-state index in [4.69, 9.17) is 4.74 Å². The molecule has 1 saturated heterocycles. The molecule has 1 aliphatic heterocycles. The molecule has 0 radical (unpaired) electrons. The van der Waals surface area contributed by atoms with Crippen LogP contribution in [-0.4, -0.2) is 39.8 Å². The summed E-state index contributed by atoms with van der Waals surface area (Å²) in [5, 5.41) is 9.53. The maximum Gasteiger partial charge on any atom is 0.225 e. The van der Waals surface area contributed by atoms with Crippen molar-refractivity contribution in [3.05, 3.63) is 24.5 Å². The second kappa shape index (κ2) is 5.14. The van der Waals surface area contributed by atoms with Gasteiger partial charge in [0, 0.05) is 12.6 Å². The second-order valence-corrected chi connectivity index (χ2v) is 4.13. The van der Waals surface area contributed by atoms with Gasteiger partial charge in [0.15, 0.2) is 0 Å². The summed E-state index contributed by atoms with van der Waals surface area (Å²) in [6.45, 7) is 1.99. The van der Waals surface area contributed by atoms with Crippen LogP contribution in [0.1, 0.15) is 19.8 Å². The molecule has 0 aromatic carbocycles. The maximum absolute atomic E-state index is 11.5. The first-order chi connectivity index (χ1) is 8.18. The van der Waals surface area contributed by atoms with Gasteiger partial charge >= 0.3 is 0 Å². The van der Waals surface area contributed by atoms with Gasteiger partial charge in [-0.1, -0.05) is 0 Å². The van der Waals surface area contributed by atoms with Crippen molar-refractivity contribution >= 4 is 5.91 Å². The molecule has 0 bridgehead atoms. The molecular formula is C12H16N2O3. The SMILES string of the molecule is CC(O)N1C(=O)CC[C@H]1COc1cccnc1. The van der Waals surface area contributed by atoms with Crippen LogP contribution in [-0.2, 0) is 4.79 Å². The molecule has 1 aliphatic rings. The predicted molar refractivity (Wildman–Crippen MR) is 61.3 cm³/mol. The monoisotopic (exact) mass is 236 g/mol. The van der Waals surface area contributed by atoms with E-state index in [2.05, 4.69) is 4.98 Å². The average molecular weight is 236 g/mol. The summed E-state index contributed by atoms with van der Waals surface area (Å²) in [6, 6.07) is 3.56. The van der Waals surface area contributed by atoms with Crippen LogP contribution in [0.5, 0.6) is 5.75 Å². The third-order valence-corrected chi connectivity index (χ3v) is 2.85. The number of pyridine rings is 1. The minimum atomic E-state index is -0.757. The van der Waals surface area contributed by atoms with E-state index in [1.165, 1.54) is 4.90 Å². The van der Waals surface area contributed by atoms with Crippen LogP contribution in [0.2, 0.25) is 0 Å². The molecule has 5 nitrogen and oxygen atoms in total.